The van der Waals surface area contributed by atoms with Gasteiger partial charge in [0.15, 0.2) is 5.65 Å². The predicted octanol–water partition coefficient (Wildman–Crippen LogP) is 4.18. The van der Waals surface area contributed by atoms with E-state index >= 15 is 0 Å². The van der Waals surface area contributed by atoms with E-state index in [1.807, 2.05) is 13.8 Å². The zero-order chi connectivity index (χ0) is 16.7. The third-order valence-corrected chi connectivity index (χ3v) is 4.15. The molecule has 0 amide bonds. The largest absolute Gasteiger partial charge is 0.324 e. The average molecular weight is 308 g/mol. The van der Waals surface area contributed by atoms with Crippen molar-refractivity contribution in [2.45, 2.75) is 46.6 Å². The molecule has 1 aromatic carbocycles. The lowest BCUT2D eigenvalue weighted by Gasteiger charge is -2.13. The van der Waals surface area contributed by atoms with Crippen molar-refractivity contribution in [1.82, 2.24) is 14.5 Å². The van der Waals surface area contributed by atoms with E-state index in [9.17, 15) is 0 Å². The molecule has 0 saturated carbocycles. The number of hydrogen-bond acceptors (Lipinski definition) is 3. The second kappa shape index (κ2) is 5.78. The van der Waals surface area contributed by atoms with Crippen LogP contribution in [0.4, 0.5) is 0 Å². The van der Waals surface area contributed by atoms with Crippen LogP contribution in [0.2, 0.25) is 0 Å². The van der Waals surface area contributed by atoms with Crippen LogP contribution in [0.3, 0.4) is 0 Å². The van der Waals surface area contributed by atoms with Gasteiger partial charge in [0, 0.05) is 23.3 Å². The van der Waals surface area contributed by atoms with E-state index in [1.54, 1.807) is 0 Å². The van der Waals surface area contributed by atoms with Crippen molar-refractivity contribution >= 4 is 11.2 Å². The van der Waals surface area contributed by atoms with Gasteiger partial charge in [0.25, 0.3) is 0 Å². The lowest BCUT2D eigenvalue weighted by Crippen LogP contribution is -2.07. The van der Waals surface area contributed by atoms with Crippen molar-refractivity contribution in [1.29, 1.82) is 0 Å². The predicted molar refractivity (Wildman–Crippen MR) is 95.0 cm³/mol. The summed E-state index contributed by atoms with van der Waals surface area (Å²) in [7, 11) is 0. The number of fused-ring (bicyclic) bond motifs is 1. The standard InChI is InChI=1S/C19H24N4/c1-11(2)18-22-17-12(3)10-13(4)21-19(17)23(18)16-8-6-15(7-9-16)14(5)20/h6-11,14H,20H2,1-5H3. The Labute approximate surface area is 137 Å². The van der Waals surface area contributed by atoms with Crippen LogP contribution in [0, 0.1) is 13.8 Å². The van der Waals surface area contributed by atoms with E-state index in [0.717, 1.165) is 33.9 Å². The number of imidazole rings is 1. The van der Waals surface area contributed by atoms with Crippen molar-refractivity contribution in [3.8, 4) is 5.69 Å². The van der Waals surface area contributed by atoms with Crippen LogP contribution in [0.25, 0.3) is 16.9 Å². The Balaban J connectivity index is 2.28. The fourth-order valence-electron chi connectivity index (χ4n) is 2.95. The number of nitrogens with zero attached hydrogens (tertiary/aromatic N) is 3. The zero-order valence-corrected chi connectivity index (χ0v) is 14.5. The summed E-state index contributed by atoms with van der Waals surface area (Å²) in [5.74, 6) is 1.35. The number of nitrogens with two attached hydrogens (primary N) is 1. The summed E-state index contributed by atoms with van der Waals surface area (Å²) in [6.07, 6.45) is 0. The molecular weight excluding hydrogens is 284 g/mol. The van der Waals surface area contributed by atoms with Crippen molar-refractivity contribution < 1.29 is 0 Å². The molecule has 4 heteroatoms. The van der Waals surface area contributed by atoms with Crippen LogP contribution in [-0.2, 0) is 0 Å². The highest BCUT2D eigenvalue weighted by molar-refractivity contribution is 5.78. The molecule has 0 spiro atoms. The maximum absolute atomic E-state index is 5.96. The molecule has 0 fully saturated rings. The van der Waals surface area contributed by atoms with Crippen molar-refractivity contribution in [2.24, 2.45) is 5.73 Å². The molecule has 0 bridgehead atoms. The average Bonchev–Trinajstić information content (AvgIpc) is 2.87. The van der Waals surface area contributed by atoms with E-state index < -0.39 is 0 Å². The molecule has 1 atom stereocenters. The second-order valence-electron chi connectivity index (χ2n) is 6.59. The molecule has 4 nitrogen and oxygen atoms in total. The van der Waals surface area contributed by atoms with Crippen LogP contribution < -0.4 is 5.73 Å². The van der Waals surface area contributed by atoms with Crippen LogP contribution >= 0.6 is 0 Å². The third kappa shape index (κ3) is 2.75. The normalized spacial score (nSPS) is 13.0. The number of aryl methyl sites for hydroxylation is 2. The van der Waals surface area contributed by atoms with Crippen LogP contribution in [0.1, 0.15) is 55.4 Å². The molecule has 0 radical (unpaired) electrons. The molecule has 2 heterocycles. The van der Waals surface area contributed by atoms with E-state index in [-0.39, 0.29) is 6.04 Å². The van der Waals surface area contributed by atoms with Crippen LogP contribution in [0.5, 0.6) is 0 Å². The zero-order valence-electron chi connectivity index (χ0n) is 14.5. The Morgan fingerprint density at radius 1 is 1.00 bits per heavy atom. The highest BCUT2D eigenvalue weighted by atomic mass is 15.1. The summed E-state index contributed by atoms with van der Waals surface area (Å²) >= 11 is 0. The van der Waals surface area contributed by atoms with Gasteiger partial charge in [-0.25, -0.2) is 9.97 Å². The molecule has 23 heavy (non-hydrogen) atoms. The summed E-state index contributed by atoms with van der Waals surface area (Å²) in [4.78, 5) is 9.61. The first-order valence-electron chi connectivity index (χ1n) is 8.11. The van der Waals surface area contributed by atoms with Crippen molar-refractivity contribution in [3.05, 3.63) is 53.0 Å². The van der Waals surface area contributed by atoms with Gasteiger partial charge in [0.1, 0.15) is 11.3 Å². The molecule has 3 aromatic rings. The Hall–Kier alpha value is -2.20. The second-order valence-corrected chi connectivity index (χ2v) is 6.59. The van der Waals surface area contributed by atoms with Gasteiger partial charge < -0.3 is 5.73 Å². The fourth-order valence-corrected chi connectivity index (χ4v) is 2.95. The minimum Gasteiger partial charge on any atom is -0.324 e. The van der Waals surface area contributed by atoms with E-state index in [1.165, 1.54) is 5.56 Å². The highest BCUT2D eigenvalue weighted by Crippen LogP contribution is 2.27. The molecule has 0 aliphatic rings. The lowest BCUT2D eigenvalue weighted by atomic mass is 10.1. The van der Waals surface area contributed by atoms with Gasteiger partial charge in [0.2, 0.25) is 0 Å². The van der Waals surface area contributed by atoms with Crippen LogP contribution in [-0.4, -0.2) is 14.5 Å². The first-order valence-corrected chi connectivity index (χ1v) is 8.11. The summed E-state index contributed by atoms with van der Waals surface area (Å²) in [6, 6.07) is 10.5. The maximum Gasteiger partial charge on any atom is 0.165 e. The molecule has 0 aliphatic heterocycles. The summed E-state index contributed by atoms with van der Waals surface area (Å²) in [6.45, 7) is 10.4. The Kier molecular flexibility index (Phi) is 3.94. The molecular formula is C19H24N4. The molecule has 0 saturated heterocycles. The van der Waals surface area contributed by atoms with E-state index in [0.29, 0.717) is 5.92 Å². The van der Waals surface area contributed by atoms with Gasteiger partial charge in [-0.3, -0.25) is 4.57 Å². The van der Waals surface area contributed by atoms with Crippen LogP contribution in [0.15, 0.2) is 30.3 Å². The number of benzene rings is 1. The lowest BCUT2D eigenvalue weighted by molar-refractivity contribution is 0.756. The Morgan fingerprint density at radius 3 is 2.22 bits per heavy atom. The molecule has 2 aromatic heterocycles. The van der Waals surface area contributed by atoms with Gasteiger partial charge in [-0.15, -0.1) is 0 Å². The molecule has 120 valence electrons. The quantitative estimate of drug-likeness (QED) is 0.789. The van der Waals surface area contributed by atoms with E-state index in [2.05, 4.69) is 55.7 Å². The van der Waals surface area contributed by atoms with Gasteiger partial charge in [0.05, 0.1) is 0 Å². The monoisotopic (exact) mass is 308 g/mol. The SMILES string of the molecule is Cc1cc(C)c2nc(C(C)C)n(-c3ccc(C(C)N)cc3)c2n1. The van der Waals surface area contributed by atoms with Crippen molar-refractivity contribution in [2.75, 3.05) is 0 Å². The minimum absolute atomic E-state index is 0.0377. The maximum atomic E-state index is 5.96. The summed E-state index contributed by atoms with van der Waals surface area (Å²) < 4.78 is 2.17. The summed E-state index contributed by atoms with van der Waals surface area (Å²) in [5.41, 5.74) is 12.3. The third-order valence-electron chi connectivity index (χ3n) is 4.15. The van der Waals surface area contributed by atoms with Crippen molar-refractivity contribution in [3.63, 3.8) is 0 Å². The topological polar surface area (TPSA) is 56.7 Å². The fraction of sp³-hybridized carbons (Fsp3) is 0.368. The molecule has 0 aliphatic carbocycles. The van der Waals surface area contributed by atoms with Gasteiger partial charge in [-0.1, -0.05) is 26.0 Å². The molecule has 2 N–H and O–H groups in total. The minimum atomic E-state index is 0.0377. The first kappa shape index (κ1) is 15.7. The van der Waals surface area contributed by atoms with Gasteiger partial charge >= 0.3 is 0 Å². The smallest absolute Gasteiger partial charge is 0.165 e. The number of hydrogen-bond donors (Lipinski definition) is 1. The van der Waals surface area contributed by atoms with Gasteiger partial charge in [-0.2, -0.15) is 0 Å². The number of pyridine rings is 1. The Bertz CT molecular complexity index is 842. The van der Waals surface area contributed by atoms with E-state index in [4.69, 9.17) is 15.7 Å². The van der Waals surface area contributed by atoms with Gasteiger partial charge in [-0.05, 0) is 50.1 Å². The summed E-state index contributed by atoms with van der Waals surface area (Å²) in [5, 5.41) is 0. The Morgan fingerprint density at radius 2 is 1.65 bits per heavy atom. The first-order chi connectivity index (χ1) is 10.9. The molecule has 1 unspecified atom stereocenters. The number of aromatic nitrogens is 3. The molecule has 3 rings (SSSR count). The number of rotatable bonds is 3. The highest BCUT2D eigenvalue weighted by Gasteiger charge is 2.18.